The molecule has 1 aromatic carbocycles. The van der Waals surface area contributed by atoms with Gasteiger partial charge in [-0.25, -0.2) is 8.42 Å². The normalized spacial score (nSPS) is 11.5. The van der Waals surface area contributed by atoms with Gasteiger partial charge in [-0.1, -0.05) is 18.2 Å². The highest BCUT2D eigenvalue weighted by molar-refractivity contribution is 9.12. The Morgan fingerprint density at radius 1 is 1.16 bits per heavy atom. The molecule has 0 N–H and O–H groups in total. The van der Waals surface area contributed by atoms with Crippen LogP contribution in [0.15, 0.2) is 48.9 Å². The molecule has 1 heterocycles. The molecule has 0 aliphatic heterocycles. The monoisotopic (exact) mass is 422 g/mol. The minimum atomic E-state index is -3.60. The Labute approximate surface area is 131 Å². The van der Waals surface area contributed by atoms with Crippen molar-refractivity contribution in [3.63, 3.8) is 0 Å². The second-order valence-electron chi connectivity index (χ2n) is 3.73. The highest BCUT2D eigenvalue weighted by Crippen LogP contribution is 2.32. The molecule has 0 unspecified atom stereocenters. The van der Waals surface area contributed by atoms with E-state index in [-0.39, 0.29) is 4.90 Å². The van der Waals surface area contributed by atoms with Gasteiger partial charge in [-0.15, -0.1) is 11.3 Å². The summed E-state index contributed by atoms with van der Waals surface area (Å²) in [6, 6.07) is 9.59. The molecule has 0 amide bonds. The van der Waals surface area contributed by atoms with Gasteiger partial charge in [0, 0.05) is 5.56 Å². The molecule has 2 rings (SSSR count). The highest BCUT2D eigenvalue weighted by atomic mass is 79.9. The maximum absolute atomic E-state index is 12.1. The van der Waals surface area contributed by atoms with Crippen LogP contribution in [0.25, 0.3) is 0 Å². The zero-order valence-electron chi connectivity index (χ0n) is 9.47. The lowest BCUT2D eigenvalue weighted by Gasteiger charge is -2.03. The molecular weight excluding hydrogens is 416 g/mol. The average Bonchev–Trinajstić information content (AvgIpc) is 2.69. The summed E-state index contributed by atoms with van der Waals surface area (Å²) in [5, 5.41) is 0. The van der Waals surface area contributed by atoms with Crippen LogP contribution in [0.2, 0.25) is 0 Å². The van der Waals surface area contributed by atoms with Gasteiger partial charge in [0.1, 0.15) is 5.75 Å². The van der Waals surface area contributed by atoms with Crippen molar-refractivity contribution < 1.29 is 13.2 Å². The van der Waals surface area contributed by atoms with Gasteiger partial charge >= 0.3 is 0 Å². The first-order valence-corrected chi connectivity index (χ1v) is 9.21. The quantitative estimate of drug-likeness (QED) is 0.700. The highest BCUT2D eigenvalue weighted by Gasteiger charge is 2.22. The van der Waals surface area contributed by atoms with Crippen LogP contribution in [0.4, 0.5) is 0 Å². The molecule has 2 aromatic rings. The van der Waals surface area contributed by atoms with E-state index in [0.717, 1.165) is 3.79 Å². The third kappa shape index (κ3) is 3.53. The number of benzene rings is 1. The van der Waals surface area contributed by atoms with E-state index in [9.17, 15) is 13.2 Å². The zero-order valence-corrected chi connectivity index (χ0v) is 14.3. The Hall–Kier alpha value is -0.500. The van der Waals surface area contributed by atoms with Gasteiger partial charge in [0.15, 0.2) is 15.6 Å². The van der Waals surface area contributed by atoms with Crippen LogP contribution in [0.5, 0.6) is 0 Å². The number of thiophene rings is 1. The number of ketones is 1. The fourth-order valence-corrected chi connectivity index (χ4v) is 5.59. The second-order valence-corrected chi connectivity index (χ2v) is 9.47. The molecule has 100 valence electrons. The summed E-state index contributed by atoms with van der Waals surface area (Å²) >= 11 is 7.85. The minimum Gasteiger partial charge on any atom is -0.293 e. The number of carbonyl (C=O) groups excluding carboxylic acids is 1. The van der Waals surface area contributed by atoms with E-state index >= 15 is 0 Å². The SMILES string of the molecule is O=C(CS(=O)(=O)c1ccccc1)c1cc(Br)sc1Br. The molecule has 0 saturated heterocycles. The van der Waals surface area contributed by atoms with Gasteiger partial charge in [0.2, 0.25) is 0 Å². The van der Waals surface area contributed by atoms with E-state index in [1.807, 2.05) is 0 Å². The van der Waals surface area contributed by atoms with Gasteiger partial charge in [-0.3, -0.25) is 4.79 Å². The van der Waals surface area contributed by atoms with Crippen LogP contribution in [-0.4, -0.2) is 20.0 Å². The van der Waals surface area contributed by atoms with Gasteiger partial charge in [0.25, 0.3) is 0 Å². The van der Waals surface area contributed by atoms with E-state index in [1.54, 1.807) is 24.3 Å². The van der Waals surface area contributed by atoms with Crippen molar-refractivity contribution in [1.82, 2.24) is 0 Å². The topological polar surface area (TPSA) is 51.2 Å². The largest absolute Gasteiger partial charge is 0.293 e. The van der Waals surface area contributed by atoms with Gasteiger partial charge in [0.05, 0.1) is 12.5 Å². The Kier molecular flexibility index (Phi) is 4.60. The Bertz CT molecular complexity index is 706. The maximum Gasteiger partial charge on any atom is 0.185 e. The van der Waals surface area contributed by atoms with Crippen molar-refractivity contribution in [2.75, 3.05) is 5.75 Å². The minimum absolute atomic E-state index is 0.161. The number of hydrogen-bond acceptors (Lipinski definition) is 4. The molecule has 7 heteroatoms. The fraction of sp³-hybridized carbons (Fsp3) is 0.0833. The summed E-state index contributed by atoms with van der Waals surface area (Å²) < 4.78 is 25.6. The number of hydrogen-bond donors (Lipinski definition) is 0. The second kappa shape index (κ2) is 5.87. The Morgan fingerprint density at radius 3 is 2.32 bits per heavy atom. The van der Waals surface area contributed by atoms with Crippen molar-refractivity contribution >= 4 is 58.8 Å². The van der Waals surface area contributed by atoms with E-state index in [1.165, 1.54) is 23.5 Å². The first kappa shape index (κ1) is 14.9. The predicted octanol–water partition coefficient (Wildman–Crippen LogP) is 3.93. The summed E-state index contributed by atoms with van der Waals surface area (Å²) in [6.45, 7) is 0. The maximum atomic E-state index is 12.1. The van der Waals surface area contributed by atoms with Gasteiger partial charge in [-0.05, 0) is 50.1 Å². The number of halogens is 2. The van der Waals surface area contributed by atoms with Crippen LogP contribution in [-0.2, 0) is 9.84 Å². The summed E-state index contributed by atoms with van der Waals surface area (Å²) in [6.07, 6.45) is 0. The zero-order chi connectivity index (χ0) is 14.0. The predicted molar refractivity (Wildman–Crippen MR) is 82.5 cm³/mol. The van der Waals surface area contributed by atoms with E-state index in [0.29, 0.717) is 9.35 Å². The molecule has 19 heavy (non-hydrogen) atoms. The van der Waals surface area contributed by atoms with Crippen molar-refractivity contribution in [3.8, 4) is 0 Å². The lowest BCUT2D eigenvalue weighted by atomic mass is 10.2. The average molecular weight is 424 g/mol. The Balaban J connectivity index is 2.27. The lowest BCUT2D eigenvalue weighted by Crippen LogP contribution is -2.16. The van der Waals surface area contributed by atoms with Gasteiger partial charge < -0.3 is 0 Å². The third-order valence-electron chi connectivity index (χ3n) is 2.38. The van der Waals surface area contributed by atoms with Crippen molar-refractivity contribution in [1.29, 1.82) is 0 Å². The number of carbonyl (C=O) groups is 1. The molecule has 0 radical (unpaired) electrons. The molecular formula is C12H8Br2O3S2. The first-order valence-electron chi connectivity index (χ1n) is 5.16. The number of sulfone groups is 1. The summed E-state index contributed by atoms with van der Waals surface area (Å²) in [7, 11) is -3.60. The molecule has 0 fully saturated rings. The van der Waals surface area contributed by atoms with Crippen LogP contribution < -0.4 is 0 Å². The fourth-order valence-electron chi connectivity index (χ4n) is 1.49. The van der Waals surface area contributed by atoms with Crippen LogP contribution in [0.1, 0.15) is 10.4 Å². The number of Topliss-reactive ketones (excluding diaryl/α,β-unsaturated/α-hetero) is 1. The van der Waals surface area contributed by atoms with E-state index in [4.69, 9.17) is 0 Å². The summed E-state index contributed by atoms with van der Waals surface area (Å²) in [5.74, 6) is -0.948. The van der Waals surface area contributed by atoms with Gasteiger partial charge in [-0.2, -0.15) is 0 Å². The number of rotatable bonds is 4. The molecule has 0 aliphatic carbocycles. The molecule has 0 bridgehead atoms. The van der Waals surface area contributed by atoms with Crippen molar-refractivity contribution in [3.05, 3.63) is 49.5 Å². The van der Waals surface area contributed by atoms with E-state index < -0.39 is 21.4 Å². The molecule has 1 aromatic heterocycles. The summed E-state index contributed by atoms with van der Waals surface area (Å²) in [4.78, 5) is 12.2. The smallest absolute Gasteiger partial charge is 0.185 e. The van der Waals surface area contributed by atoms with Crippen molar-refractivity contribution in [2.24, 2.45) is 0 Å². The lowest BCUT2D eigenvalue weighted by molar-refractivity contribution is 0.102. The Morgan fingerprint density at radius 2 is 1.79 bits per heavy atom. The standard InChI is InChI=1S/C12H8Br2O3S2/c13-11-6-9(12(14)18-11)10(15)7-19(16,17)8-4-2-1-3-5-8/h1-6H,7H2. The van der Waals surface area contributed by atoms with Crippen molar-refractivity contribution in [2.45, 2.75) is 4.90 Å². The molecule has 0 spiro atoms. The van der Waals surface area contributed by atoms with Crippen LogP contribution in [0.3, 0.4) is 0 Å². The van der Waals surface area contributed by atoms with E-state index in [2.05, 4.69) is 31.9 Å². The molecule has 0 saturated carbocycles. The molecule has 0 aliphatic rings. The first-order chi connectivity index (χ1) is 8.90. The van der Waals surface area contributed by atoms with Crippen LogP contribution >= 0.6 is 43.2 Å². The molecule has 3 nitrogen and oxygen atoms in total. The summed E-state index contributed by atoms with van der Waals surface area (Å²) in [5.41, 5.74) is 0.386. The third-order valence-corrected chi connectivity index (χ3v) is 6.35. The van der Waals surface area contributed by atoms with Crippen LogP contribution in [0, 0.1) is 0 Å². The molecule has 0 atom stereocenters.